The molecule has 1 aliphatic rings. The zero-order valence-corrected chi connectivity index (χ0v) is 26.7. The molecule has 0 aliphatic heterocycles. The van der Waals surface area contributed by atoms with Crippen molar-refractivity contribution in [1.82, 2.24) is 10.2 Å². The quantitative estimate of drug-likeness (QED) is 0.230. The summed E-state index contributed by atoms with van der Waals surface area (Å²) in [4.78, 5) is 29.4. The van der Waals surface area contributed by atoms with Gasteiger partial charge in [-0.3, -0.25) is 13.9 Å². The van der Waals surface area contributed by atoms with E-state index in [0.717, 1.165) is 30.0 Å². The fourth-order valence-electron chi connectivity index (χ4n) is 5.31. The Kier molecular flexibility index (Phi) is 11.3. The highest BCUT2D eigenvalue weighted by Gasteiger charge is 2.36. The van der Waals surface area contributed by atoms with Crippen molar-refractivity contribution in [2.24, 2.45) is 0 Å². The highest BCUT2D eigenvalue weighted by molar-refractivity contribution is 7.92. The fourth-order valence-corrected chi connectivity index (χ4v) is 7.28. The van der Waals surface area contributed by atoms with Crippen LogP contribution in [0, 0.1) is 0 Å². The van der Waals surface area contributed by atoms with E-state index in [1.807, 2.05) is 6.92 Å². The Hall–Kier alpha value is -3.27. The number of rotatable bonds is 13. The molecule has 0 spiro atoms. The first-order valence-electron chi connectivity index (χ1n) is 14.5. The normalized spacial score (nSPS) is 14.2. The summed E-state index contributed by atoms with van der Waals surface area (Å²) in [6, 6.07) is 18.7. The molecule has 0 bridgehead atoms. The van der Waals surface area contributed by atoms with Gasteiger partial charge in [-0.2, -0.15) is 0 Å². The standard InChI is InChI=1S/C32H37Cl2N3O5S/c1-3-28(32(39)35-23-13-8-9-14-23)36(21-25-26(33)17-12-18-27(25)34)31(38)22-37(29-19-10-11-20-30(29)42-4-2)43(40,41)24-15-6-5-7-16-24/h5-7,10-12,15-20,23,28H,3-4,8-9,13-14,21-22H2,1-2H3,(H,35,39)/t28-/m0/s1. The van der Waals surface area contributed by atoms with E-state index < -0.39 is 28.5 Å². The Morgan fingerprint density at radius 1 is 0.930 bits per heavy atom. The van der Waals surface area contributed by atoms with Gasteiger partial charge in [0.05, 0.1) is 17.2 Å². The largest absolute Gasteiger partial charge is 0.492 e. The maximum absolute atomic E-state index is 14.4. The second-order valence-corrected chi connectivity index (χ2v) is 13.0. The highest BCUT2D eigenvalue weighted by atomic mass is 35.5. The lowest BCUT2D eigenvalue weighted by atomic mass is 10.1. The van der Waals surface area contributed by atoms with Gasteiger partial charge in [0.2, 0.25) is 11.8 Å². The Balaban J connectivity index is 1.77. The van der Waals surface area contributed by atoms with Crippen molar-refractivity contribution in [3.05, 3.63) is 88.4 Å². The number of carbonyl (C=O) groups is 2. The van der Waals surface area contributed by atoms with Gasteiger partial charge in [0, 0.05) is 28.2 Å². The van der Waals surface area contributed by atoms with Crippen LogP contribution in [0.1, 0.15) is 51.5 Å². The minimum absolute atomic E-state index is 0.0146. The summed E-state index contributed by atoms with van der Waals surface area (Å²) in [7, 11) is -4.23. The molecular weight excluding hydrogens is 609 g/mol. The lowest BCUT2D eigenvalue weighted by molar-refractivity contribution is -0.140. The number of para-hydroxylation sites is 2. The maximum Gasteiger partial charge on any atom is 0.264 e. The van der Waals surface area contributed by atoms with E-state index in [1.165, 1.54) is 17.0 Å². The SMILES string of the molecule is CCOc1ccccc1N(CC(=O)N(Cc1c(Cl)cccc1Cl)[C@@H](CC)C(=O)NC1CCCC1)S(=O)(=O)c1ccccc1. The molecule has 1 aliphatic carbocycles. The second-order valence-electron chi connectivity index (χ2n) is 10.4. The summed E-state index contributed by atoms with van der Waals surface area (Å²) < 4.78 is 35.0. The molecule has 0 unspecified atom stereocenters. The summed E-state index contributed by atoms with van der Waals surface area (Å²) in [5.41, 5.74) is 0.680. The topological polar surface area (TPSA) is 96.0 Å². The number of anilines is 1. The predicted molar refractivity (Wildman–Crippen MR) is 170 cm³/mol. The monoisotopic (exact) mass is 645 g/mol. The van der Waals surface area contributed by atoms with Crippen molar-refractivity contribution < 1.29 is 22.7 Å². The van der Waals surface area contributed by atoms with Gasteiger partial charge in [-0.1, -0.05) is 79.4 Å². The molecule has 11 heteroatoms. The van der Waals surface area contributed by atoms with Crippen molar-refractivity contribution in [2.45, 2.75) is 69.5 Å². The van der Waals surface area contributed by atoms with Crippen molar-refractivity contribution in [3.63, 3.8) is 0 Å². The lowest BCUT2D eigenvalue weighted by Gasteiger charge is -2.34. The van der Waals surface area contributed by atoms with Crippen LogP contribution in [0.2, 0.25) is 10.0 Å². The van der Waals surface area contributed by atoms with Crippen LogP contribution in [0.3, 0.4) is 0 Å². The molecule has 1 saturated carbocycles. The molecule has 43 heavy (non-hydrogen) atoms. The van der Waals surface area contributed by atoms with E-state index in [2.05, 4.69) is 5.32 Å². The second kappa shape index (κ2) is 14.9. The molecule has 8 nitrogen and oxygen atoms in total. The van der Waals surface area contributed by atoms with Crippen LogP contribution in [0.5, 0.6) is 5.75 Å². The van der Waals surface area contributed by atoms with E-state index >= 15 is 0 Å². The summed E-state index contributed by atoms with van der Waals surface area (Å²) >= 11 is 13.0. The average molecular weight is 647 g/mol. The first kappa shape index (κ1) is 32.6. The number of nitrogens with zero attached hydrogens (tertiary/aromatic N) is 2. The summed E-state index contributed by atoms with van der Waals surface area (Å²) in [5.74, 6) is -0.572. The van der Waals surface area contributed by atoms with Gasteiger partial charge in [0.25, 0.3) is 10.0 Å². The van der Waals surface area contributed by atoms with Crippen LogP contribution in [0.15, 0.2) is 77.7 Å². The van der Waals surface area contributed by atoms with Crippen LogP contribution in [0.25, 0.3) is 0 Å². The molecule has 4 rings (SSSR count). The van der Waals surface area contributed by atoms with E-state index in [1.54, 1.807) is 67.6 Å². The number of ether oxygens (including phenoxy) is 1. The predicted octanol–water partition coefficient (Wildman–Crippen LogP) is 6.45. The van der Waals surface area contributed by atoms with Crippen molar-refractivity contribution in [2.75, 3.05) is 17.5 Å². The zero-order valence-electron chi connectivity index (χ0n) is 24.3. The molecule has 0 aromatic heterocycles. The van der Waals surface area contributed by atoms with Crippen LogP contribution >= 0.6 is 23.2 Å². The molecule has 2 amide bonds. The lowest BCUT2D eigenvalue weighted by Crippen LogP contribution is -2.53. The molecule has 0 heterocycles. The van der Waals surface area contributed by atoms with Crippen molar-refractivity contribution in [3.8, 4) is 5.75 Å². The Morgan fingerprint density at radius 2 is 1.56 bits per heavy atom. The molecule has 230 valence electrons. The van der Waals surface area contributed by atoms with Gasteiger partial charge in [0.1, 0.15) is 18.3 Å². The number of carbonyl (C=O) groups excluding carboxylic acids is 2. The third-order valence-electron chi connectivity index (χ3n) is 7.52. The van der Waals surface area contributed by atoms with Crippen molar-refractivity contribution >= 4 is 50.7 Å². The van der Waals surface area contributed by atoms with Gasteiger partial charge in [0.15, 0.2) is 0 Å². The van der Waals surface area contributed by atoms with Gasteiger partial charge in [-0.25, -0.2) is 8.42 Å². The van der Waals surface area contributed by atoms with Crippen LogP contribution in [0.4, 0.5) is 5.69 Å². The summed E-state index contributed by atoms with van der Waals surface area (Å²) in [6.07, 6.45) is 4.12. The first-order chi connectivity index (χ1) is 20.7. The maximum atomic E-state index is 14.4. The minimum atomic E-state index is -4.23. The fraction of sp³-hybridized carbons (Fsp3) is 0.375. The van der Waals surface area contributed by atoms with Gasteiger partial charge in [-0.05, 0) is 62.6 Å². The number of nitrogens with one attached hydrogen (secondary N) is 1. The molecule has 0 saturated heterocycles. The van der Waals surface area contributed by atoms with E-state index in [0.29, 0.717) is 34.4 Å². The number of hydrogen-bond acceptors (Lipinski definition) is 5. The molecule has 3 aromatic carbocycles. The molecule has 1 fully saturated rings. The summed E-state index contributed by atoms with van der Waals surface area (Å²) in [5, 5.41) is 3.78. The van der Waals surface area contributed by atoms with Crippen LogP contribution in [-0.2, 0) is 26.2 Å². The minimum Gasteiger partial charge on any atom is -0.492 e. The summed E-state index contributed by atoms with van der Waals surface area (Å²) in [6.45, 7) is 3.23. The van der Waals surface area contributed by atoms with Gasteiger partial charge >= 0.3 is 0 Å². The average Bonchev–Trinajstić information content (AvgIpc) is 3.51. The molecule has 1 atom stereocenters. The number of hydrogen-bond donors (Lipinski definition) is 1. The Labute approximate surface area is 264 Å². The molecule has 3 aromatic rings. The van der Waals surface area contributed by atoms with Crippen molar-refractivity contribution in [1.29, 1.82) is 0 Å². The third-order valence-corrected chi connectivity index (χ3v) is 10.0. The smallest absolute Gasteiger partial charge is 0.264 e. The molecule has 1 N–H and O–H groups in total. The first-order valence-corrected chi connectivity index (χ1v) is 16.7. The van der Waals surface area contributed by atoms with E-state index in [-0.39, 0.29) is 29.1 Å². The van der Waals surface area contributed by atoms with E-state index in [4.69, 9.17) is 27.9 Å². The third kappa shape index (κ3) is 7.82. The number of benzene rings is 3. The highest BCUT2D eigenvalue weighted by Crippen LogP contribution is 2.33. The zero-order chi connectivity index (χ0) is 31.0. The van der Waals surface area contributed by atoms with Crippen LogP contribution < -0.4 is 14.4 Å². The van der Waals surface area contributed by atoms with Crippen LogP contribution in [-0.4, -0.2) is 50.4 Å². The number of sulfonamides is 1. The van der Waals surface area contributed by atoms with E-state index in [9.17, 15) is 18.0 Å². The van der Waals surface area contributed by atoms with Gasteiger partial charge < -0.3 is 15.0 Å². The number of halogens is 2. The number of amides is 2. The molecule has 0 radical (unpaired) electrons. The Morgan fingerprint density at radius 3 is 2.19 bits per heavy atom. The van der Waals surface area contributed by atoms with Gasteiger partial charge in [-0.15, -0.1) is 0 Å². The Bertz CT molecular complexity index is 1490. The molecular formula is C32H37Cl2N3O5S.